The maximum atomic E-state index is 11.6. The lowest BCUT2D eigenvalue weighted by atomic mass is 10.0. The smallest absolute Gasteiger partial charge is 0.276 e. The summed E-state index contributed by atoms with van der Waals surface area (Å²) in [4.78, 5) is 22.1. The standard InChI is InChI=1S/C21H25NO6/c1-4-7-17-20(11-10-16(15(3)23)21(17)24)28-13-6-12-27-19-9-5-8-18(14(19)2)22(25)26/h5,8-11,24H,4,6-7,12-13H2,1-3H3. The number of hydrogen-bond donors (Lipinski definition) is 1. The molecular formula is C21H25NO6. The quantitative estimate of drug-likeness (QED) is 0.277. The highest BCUT2D eigenvalue weighted by atomic mass is 16.6. The number of phenolic OH excluding ortho intramolecular Hbond substituents is 1. The van der Waals surface area contributed by atoms with E-state index in [0.29, 0.717) is 54.2 Å². The Labute approximate surface area is 164 Å². The van der Waals surface area contributed by atoms with Crippen LogP contribution in [0, 0.1) is 17.0 Å². The molecule has 0 aromatic heterocycles. The molecular weight excluding hydrogens is 362 g/mol. The first-order valence-corrected chi connectivity index (χ1v) is 9.22. The fourth-order valence-electron chi connectivity index (χ4n) is 2.91. The van der Waals surface area contributed by atoms with Crippen LogP contribution in [-0.2, 0) is 6.42 Å². The van der Waals surface area contributed by atoms with Crippen LogP contribution in [0.1, 0.15) is 48.2 Å². The summed E-state index contributed by atoms with van der Waals surface area (Å²) >= 11 is 0. The van der Waals surface area contributed by atoms with Crippen LogP contribution >= 0.6 is 0 Å². The highest BCUT2D eigenvalue weighted by molar-refractivity contribution is 5.97. The van der Waals surface area contributed by atoms with E-state index in [0.717, 1.165) is 6.42 Å². The topological polar surface area (TPSA) is 98.9 Å². The number of Topliss-reactive ketones (excluding diaryl/α,β-unsaturated/α-hetero) is 1. The summed E-state index contributed by atoms with van der Waals surface area (Å²) < 4.78 is 11.4. The molecule has 28 heavy (non-hydrogen) atoms. The molecule has 0 unspecified atom stereocenters. The molecule has 0 aliphatic heterocycles. The number of ether oxygens (including phenoxy) is 2. The first-order chi connectivity index (χ1) is 13.4. The zero-order chi connectivity index (χ0) is 20.7. The van der Waals surface area contributed by atoms with Gasteiger partial charge in [-0.2, -0.15) is 0 Å². The third kappa shape index (κ3) is 5.00. The number of carbonyl (C=O) groups excluding carboxylic acids is 1. The highest BCUT2D eigenvalue weighted by Gasteiger charge is 2.16. The summed E-state index contributed by atoms with van der Waals surface area (Å²) in [7, 11) is 0. The van der Waals surface area contributed by atoms with Gasteiger partial charge >= 0.3 is 0 Å². The lowest BCUT2D eigenvalue weighted by Crippen LogP contribution is -2.08. The van der Waals surface area contributed by atoms with Crippen LogP contribution in [0.15, 0.2) is 30.3 Å². The highest BCUT2D eigenvalue weighted by Crippen LogP contribution is 2.33. The molecule has 1 N–H and O–H groups in total. The number of nitro groups is 1. The number of aromatic hydroxyl groups is 1. The van der Waals surface area contributed by atoms with E-state index >= 15 is 0 Å². The fraction of sp³-hybridized carbons (Fsp3) is 0.381. The van der Waals surface area contributed by atoms with Gasteiger partial charge in [-0.25, -0.2) is 0 Å². The number of carbonyl (C=O) groups is 1. The van der Waals surface area contributed by atoms with Crippen molar-refractivity contribution in [3.8, 4) is 17.2 Å². The first-order valence-electron chi connectivity index (χ1n) is 9.22. The average Bonchev–Trinajstić information content (AvgIpc) is 2.64. The molecule has 0 saturated carbocycles. The Kier molecular flexibility index (Phi) is 7.37. The molecule has 0 aliphatic rings. The monoisotopic (exact) mass is 387 g/mol. The van der Waals surface area contributed by atoms with Gasteiger partial charge in [0.1, 0.15) is 17.2 Å². The van der Waals surface area contributed by atoms with Crippen LogP contribution in [0.5, 0.6) is 17.2 Å². The van der Waals surface area contributed by atoms with Crippen molar-refractivity contribution in [1.82, 2.24) is 0 Å². The summed E-state index contributed by atoms with van der Waals surface area (Å²) in [6.45, 7) is 5.74. The molecule has 2 aromatic carbocycles. The Morgan fingerprint density at radius 1 is 1.14 bits per heavy atom. The van der Waals surface area contributed by atoms with Crippen LogP contribution in [0.2, 0.25) is 0 Å². The summed E-state index contributed by atoms with van der Waals surface area (Å²) in [6.07, 6.45) is 1.97. The van der Waals surface area contributed by atoms with Gasteiger partial charge in [0.2, 0.25) is 0 Å². The molecule has 0 heterocycles. The molecule has 0 radical (unpaired) electrons. The number of nitro benzene ring substituents is 1. The second kappa shape index (κ2) is 9.73. The van der Waals surface area contributed by atoms with E-state index in [4.69, 9.17) is 9.47 Å². The van der Waals surface area contributed by atoms with Gasteiger partial charge in [0, 0.05) is 18.1 Å². The van der Waals surface area contributed by atoms with Crippen molar-refractivity contribution in [1.29, 1.82) is 0 Å². The predicted octanol–water partition coefficient (Wildman–Crippen LogP) is 4.61. The molecule has 2 rings (SSSR count). The number of rotatable bonds is 10. The molecule has 0 spiro atoms. The van der Waals surface area contributed by atoms with E-state index in [9.17, 15) is 20.0 Å². The Morgan fingerprint density at radius 3 is 2.43 bits per heavy atom. The van der Waals surface area contributed by atoms with Gasteiger partial charge in [-0.3, -0.25) is 14.9 Å². The maximum absolute atomic E-state index is 11.6. The normalized spacial score (nSPS) is 10.5. The minimum Gasteiger partial charge on any atom is -0.507 e. The van der Waals surface area contributed by atoms with Crippen molar-refractivity contribution >= 4 is 11.5 Å². The van der Waals surface area contributed by atoms with Gasteiger partial charge in [0.15, 0.2) is 5.78 Å². The Hall–Kier alpha value is -3.09. The van der Waals surface area contributed by atoms with E-state index in [-0.39, 0.29) is 17.2 Å². The first kappa shape index (κ1) is 21.2. The molecule has 150 valence electrons. The second-order valence-electron chi connectivity index (χ2n) is 6.45. The summed E-state index contributed by atoms with van der Waals surface area (Å²) in [6, 6.07) is 7.99. The van der Waals surface area contributed by atoms with Crippen molar-refractivity contribution in [3.63, 3.8) is 0 Å². The van der Waals surface area contributed by atoms with Gasteiger partial charge in [-0.1, -0.05) is 19.4 Å². The summed E-state index contributed by atoms with van der Waals surface area (Å²) in [5.41, 5.74) is 1.44. The van der Waals surface area contributed by atoms with E-state index in [2.05, 4.69) is 0 Å². The van der Waals surface area contributed by atoms with Crippen molar-refractivity contribution in [2.24, 2.45) is 0 Å². The number of ketones is 1. The third-order valence-corrected chi connectivity index (χ3v) is 4.38. The average molecular weight is 387 g/mol. The molecule has 0 atom stereocenters. The number of hydrogen-bond acceptors (Lipinski definition) is 6. The molecule has 0 saturated heterocycles. The fourth-order valence-corrected chi connectivity index (χ4v) is 2.91. The van der Waals surface area contributed by atoms with E-state index < -0.39 is 4.92 Å². The van der Waals surface area contributed by atoms with E-state index in [1.165, 1.54) is 13.0 Å². The van der Waals surface area contributed by atoms with Crippen LogP contribution in [0.3, 0.4) is 0 Å². The van der Waals surface area contributed by atoms with Gasteiger partial charge in [-0.15, -0.1) is 0 Å². The van der Waals surface area contributed by atoms with E-state index in [1.807, 2.05) is 6.92 Å². The number of nitrogens with zero attached hydrogens (tertiary/aromatic N) is 1. The van der Waals surface area contributed by atoms with Crippen molar-refractivity contribution < 1.29 is 24.3 Å². The van der Waals surface area contributed by atoms with Crippen molar-refractivity contribution in [2.75, 3.05) is 13.2 Å². The van der Waals surface area contributed by atoms with Crippen molar-refractivity contribution in [2.45, 2.75) is 40.0 Å². The molecule has 0 bridgehead atoms. The molecule has 2 aromatic rings. The second-order valence-corrected chi connectivity index (χ2v) is 6.45. The van der Waals surface area contributed by atoms with Gasteiger partial charge < -0.3 is 14.6 Å². The SMILES string of the molecule is CCCc1c(OCCCOc2cccc([N+](=O)[O-])c2C)ccc(C(C)=O)c1O. The van der Waals surface area contributed by atoms with Crippen LogP contribution in [0.4, 0.5) is 5.69 Å². The summed E-state index contributed by atoms with van der Waals surface area (Å²) in [5, 5.41) is 21.3. The lowest BCUT2D eigenvalue weighted by Gasteiger charge is -2.15. The zero-order valence-electron chi connectivity index (χ0n) is 16.4. The van der Waals surface area contributed by atoms with E-state index in [1.54, 1.807) is 31.2 Å². The van der Waals surface area contributed by atoms with Crippen LogP contribution in [0.25, 0.3) is 0 Å². The predicted molar refractivity (Wildman–Crippen MR) is 106 cm³/mol. The minimum atomic E-state index is -0.433. The number of benzene rings is 2. The Balaban J connectivity index is 1.95. The third-order valence-electron chi connectivity index (χ3n) is 4.38. The van der Waals surface area contributed by atoms with Gasteiger partial charge in [0.25, 0.3) is 5.69 Å². The van der Waals surface area contributed by atoms with Gasteiger partial charge in [0.05, 0.1) is 29.3 Å². The molecule has 0 aliphatic carbocycles. The van der Waals surface area contributed by atoms with Crippen LogP contribution in [-0.4, -0.2) is 29.0 Å². The maximum Gasteiger partial charge on any atom is 0.276 e. The van der Waals surface area contributed by atoms with Crippen molar-refractivity contribution in [3.05, 3.63) is 57.1 Å². The Bertz CT molecular complexity index is 862. The van der Waals surface area contributed by atoms with Crippen LogP contribution < -0.4 is 9.47 Å². The van der Waals surface area contributed by atoms with Gasteiger partial charge in [-0.05, 0) is 38.5 Å². The molecule has 7 heteroatoms. The molecule has 7 nitrogen and oxygen atoms in total. The molecule has 0 amide bonds. The zero-order valence-corrected chi connectivity index (χ0v) is 16.4. The largest absolute Gasteiger partial charge is 0.507 e. The Morgan fingerprint density at radius 2 is 1.82 bits per heavy atom. The number of phenols is 1. The summed E-state index contributed by atoms with van der Waals surface area (Å²) in [5.74, 6) is 0.817. The minimum absolute atomic E-state index is 0.0182. The molecule has 0 fully saturated rings. The lowest BCUT2D eigenvalue weighted by molar-refractivity contribution is -0.385.